The van der Waals surface area contributed by atoms with Crippen LogP contribution in [-0.2, 0) is 9.84 Å². The van der Waals surface area contributed by atoms with Gasteiger partial charge < -0.3 is 5.32 Å². The van der Waals surface area contributed by atoms with E-state index >= 15 is 0 Å². The van der Waals surface area contributed by atoms with E-state index < -0.39 is 9.84 Å². The van der Waals surface area contributed by atoms with Crippen molar-refractivity contribution < 1.29 is 8.42 Å². The summed E-state index contributed by atoms with van der Waals surface area (Å²) in [6.45, 7) is 4.54. The van der Waals surface area contributed by atoms with Gasteiger partial charge >= 0.3 is 0 Å². The van der Waals surface area contributed by atoms with E-state index in [-0.39, 0.29) is 11.3 Å². The standard InChI is InChI=1S/C11H21NO2S2/c1-3-8-15-9-7-12-10-5-4-6-11(10)16(2,13)14/h3,10-12H,1,4-9H2,2H3. The molecule has 1 fully saturated rings. The third-order valence-corrected chi connectivity index (χ3v) is 5.52. The summed E-state index contributed by atoms with van der Waals surface area (Å²) in [6.07, 6.45) is 6.07. The Kier molecular flexibility index (Phi) is 5.86. The maximum atomic E-state index is 11.5. The average molecular weight is 263 g/mol. The van der Waals surface area contributed by atoms with E-state index in [1.807, 2.05) is 17.8 Å². The van der Waals surface area contributed by atoms with Gasteiger partial charge in [-0.15, -0.1) is 6.58 Å². The zero-order chi connectivity index (χ0) is 12.0. The van der Waals surface area contributed by atoms with Gasteiger partial charge in [-0.3, -0.25) is 0 Å². The van der Waals surface area contributed by atoms with Crippen molar-refractivity contribution in [2.75, 3.05) is 24.3 Å². The molecule has 0 aromatic rings. The molecule has 0 aliphatic heterocycles. The van der Waals surface area contributed by atoms with E-state index in [4.69, 9.17) is 0 Å². The summed E-state index contributed by atoms with van der Waals surface area (Å²) in [5.74, 6) is 1.97. The van der Waals surface area contributed by atoms with Crippen LogP contribution in [-0.4, -0.2) is 44.0 Å². The molecule has 1 aliphatic carbocycles. The number of sulfone groups is 1. The van der Waals surface area contributed by atoms with Gasteiger partial charge in [0.25, 0.3) is 0 Å². The predicted octanol–water partition coefficient (Wildman–Crippen LogP) is 1.46. The molecule has 2 unspecified atom stereocenters. The molecule has 0 radical (unpaired) electrons. The summed E-state index contributed by atoms with van der Waals surface area (Å²) < 4.78 is 23.0. The maximum Gasteiger partial charge on any atom is 0.151 e. The molecule has 5 heteroatoms. The van der Waals surface area contributed by atoms with Crippen molar-refractivity contribution >= 4 is 21.6 Å². The number of nitrogens with one attached hydrogen (secondary N) is 1. The molecule has 94 valence electrons. The average Bonchev–Trinajstić information content (AvgIpc) is 2.65. The molecule has 0 bridgehead atoms. The molecule has 1 N–H and O–H groups in total. The van der Waals surface area contributed by atoms with Gasteiger partial charge in [0, 0.05) is 30.3 Å². The molecule has 0 heterocycles. The second-order valence-corrected chi connectivity index (χ2v) is 7.64. The van der Waals surface area contributed by atoms with Crippen LogP contribution in [0.25, 0.3) is 0 Å². The van der Waals surface area contributed by atoms with Gasteiger partial charge in [0.2, 0.25) is 0 Å². The zero-order valence-electron chi connectivity index (χ0n) is 9.81. The van der Waals surface area contributed by atoms with Crippen LogP contribution in [0, 0.1) is 0 Å². The lowest BCUT2D eigenvalue weighted by molar-refractivity contribution is 0.522. The number of hydrogen-bond acceptors (Lipinski definition) is 4. The zero-order valence-corrected chi connectivity index (χ0v) is 11.4. The van der Waals surface area contributed by atoms with E-state index in [1.165, 1.54) is 6.26 Å². The van der Waals surface area contributed by atoms with Crippen LogP contribution in [0.4, 0.5) is 0 Å². The molecule has 16 heavy (non-hydrogen) atoms. The molecule has 0 amide bonds. The van der Waals surface area contributed by atoms with Gasteiger partial charge in [-0.25, -0.2) is 8.42 Å². The van der Waals surface area contributed by atoms with E-state index in [9.17, 15) is 8.42 Å². The lowest BCUT2D eigenvalue weighted by Crippen LogP contribution is -2.40. The Morgan fingerprint density at radius 3 is 2.88 bits per heavy atom. The van der Waals surface area contributed by atoms with Crippen molar-refractivity contribution in [3.63, 3.8) is 0 Å². The Morgan fingerprint density at radius 2 is 2.25 bits per heavy atom. The van der Waals surface area contributed by atoms with Gasteiger partial charge in [-0.2, -0.15) is 11.8 Å². The minimum atomic E-state index is -2.88. The summed E-state index contributed by atoms with van der Waals surface area (Å²) in [6, 6.07) is 0.166. The molecule has 0 saturated heterocycles. The highest BCUT2D eigenvalue weighted by Crippen LogP contribution is 2.24. The highest BCUT2D eigenvalue weighted by Gasteiger charge is 2.33. The fourth-order valence-corrected chi connectivity index (χ4v) is 4.17. The molecule has 0 aromatic heterocycles. The van der Waals surface area contributed by atoms with Crippen molar-refractivity contribution in [1.82, 2.24) is 5.32 Å². The first-order valence-electron chi connectivity index (χ1n) is 5.66. The molecule has 1 saturated carbocycles. The molecular weight excluding hydrogens is 242 g/mol. The topological polar surface area (TPSA) is 46.2 Å². The highest BCUT2D eigenvalue weighted by molar-refractivity contribution is 7.99. The second kappa shape index (κ2) is 6.67. The van der Waals surface area contributed by atoms with E-state index in [0.29, 0.717) is 0 Å². The molecule has 3 nitrogen and oxygen atoms in total. The van der Waals surface area contributed by atoms with Gasteiger partial charge in [0.05, 0.1) is 5.25 Å². The maximum absolute atomic E-state index is 11.5. The van der Waals surface area contributed by atoms with Crippen LogP contribution in [0.1, 0.15) is 19.3 Å². The first-order chi connectivity index (χ1) is 7.55. The first-order valence-corrected chi connectivity index (χ1v) is 8.77. The minimum Gasteiger partial charge on any atom is -0.312 e. The van der Waals surface area contributed by atoms with Crippen molar-refractivity contribution in [3.8, 4) is 0 Å². The van der Waals surface area contributed by atoms with E-state index in [0.717, 1.165) is 37.3 Å². The van der Waals surface area contributed by atoms with Crippen LogP contribution < -0.4 is 5.32 Å². The quantitative estimate of drug-likeness (QED) is 0.558. The van der Waals surface area contributed by atoms with Crippen LogP contribution in [0.3, 0.4) is 0 Å². The fourth-order valence-electron chi connectivity index (χ4n) is 2.16. The molecule has 2 atom stereocenters. The van der Waals surface area contributed by atoms with Gasteiger partial charge in [-0.1, -0.05) is 12.5 Å². The summed E-state index contributed by atoms with van der Waals surface area (Å²) in [5.41, 5.74) is 0. The molecule has 1 rings (SSSR count). The summed E-state index contributed by atoms with van der Waals surface area (Å²) >= 11 is 1.82. The predicted molar refractivity (Wildman–Crippen MR) is 71.8 cm³/mol. The third-order valence-electron chi connectivity index (χ3n) is 2.89. The first kappa shape index (κ1) is 14.1. The SMILES string of the molecule is C=CCSCCNC1CCCC1S(C)(=O)=O. The summed E-state index contributed by atoms with van der Waals surface area (Å²) in [7, 11) is -2.88. The third kappa shape index (κ3) is 4.47. The van der Waals surface area contributed by atoms with Crippen LogP contribution in [0.2, 0.25) is 0 Å². The van der Waals surface area contributed by atoms with E-state index in [1.54, 1.807) is 0 Å². The van der Waals surface area contributed by atoms with Crippen LogP contribution >= 0.6 is 11.8 Å². The number of hydrogen-bond donors (Lipinski definition) is 1. The second-order valence-electron chi connectivity index (χ2n) is 4.22. The molecule has 1 aliphatic rings. The fraction of sp³-hybridized carbons (Fsp3) is 0.818. The largest absolute Gasteiger partial charge is 0.312 e. The number of rotatable bonds is 7. The van der Waals surface area contributed by atoms with E-state index in [2.05, 4.69) is 11.9 Å². The smallest absolute Gasteiger partial charge is 0.151 e. The lowest BCUT2D eigenvalue weighted by atomic mass is 10.2. The normalized spacial score (nSPS) is 25.8. The highest BCUT2D eigenvalue weighted by atomic mass is 32.2. The Morgan fingerprint density at radius 1 is 1.50 bits per heavy atom. The van der Waals surface area contributed by atoms with Crippen molar-refractivity contribution in [2.24, 2.45) is 0 Å². The Hall–Kier alpha value is -0.0000000000000000555. The minimum absolute atomic E-state index is 0.166. The van der Waals surface area contributed by atoms with Crippen molar-refractivity contribution in [3.05, 3.63) is 12.7 Å². The van der Waals surface area contributed by atoms with Crippen LogP contribution in [0.5, 0.6) is 0 Å². The molecular formula is C11H21NO2S2. The van der Waals surface area contributed by atoms with Gasteiger partial charge in [0.15, 0.2) is 9.84 Å². The summed E-state index contributed by atoms with van der Waals surface area (Å²) in [5, 5.41) is 3.19. The number of thioether (sulfide) groups is 1. The Balaban J connectivity index is 2.28. The lowest BCUT2D eigenvalue weighted by Gasteiger charge is -2.19. The van der Waals surface area contributed by atoms with Crippen molar-refractivity contribution in [2.45, 2.75) is 30.6 Å². The molecule has 0 aromatic carbocycles. The van der Waals surface area contributed by atoms with Crippen LogP contribution in [0.15, 0.2) is 12.7 Å². The van der Waals surface area contributed by atoms with Gasteiger partial charge in [-0.05, 0) is 12.8 Å². The molecule has 0 spiro atoms. The monoisotopic (exact) mass is 263 g/mol. The summed E-state index contributed by atoms with van der Waals surface area (Å²) in [4.78, 5) is 0. The van der Waals surface area contributed by atoms with Crippen molar-refractivity contribution in [1.29, 1.82) is 0 Å². The Bertz CT molecular complexity index is 314. The Labute approximate surface area is 103 Å². The van der Waals surface area contributed by atoms with Gasteiger partial charge in [0.1, 0.15) is 0 Å².